The number of nitrogens with zero attached hydrogens (tertiary/aromatic N) is 4. The Bertz CT molecular complexity index is 1180. The van der Waals surface area contributed by atoms with Gasteiger partial charge in [0.25, 0.3) is 0 Å². The highest BCUT2D eigenvalue weighted by Gasteiger charge is 2.18. The number of hydrogen-bond donors (Lipinski definition) is 1. The predicted octanol–water partition coefficient (Wildman–Crippen LogP) is 4.72. The van der Waals surface area contributed by atoms with E-state index in [0.717, 1.165) is 11.3 Å². The van der Waals surface area contributed by atoms with Crippen LogP contribution < -0.4 is 10.1 Å². The van der Waals surface area contributed by atoms with Crippen LogP contribution in [0.2, 0.25) is 5.02 Å². The number of carbonyl (C=O) groups excluding carboxylic acids is 1. The summed E-state index contributed by atoms with van der Waals surface area (Å²) >= 11 is 7.34. The topological polar surface area (TPSA) is 81.9 Å². The van der Waals surface area contributed by atoms with Crippen molar-refractivity contribution in [3.8, 4) is 22.8 Å². The number of aromatic nitrogens is 4. The van der Waals surface area contributed by atoms with E-state index in [9.17, 15) is 4.79 Å². The van der Waals surface area contributed by atoms with E-state index >= 15 is 0 Å². The Labute approximate surface area is 188 Å². The summed E-state index contributed by atoms with van der Waals surface area (Å²) in [4.78, 5) is 16.7. The summed E-state index contributed by atoms with van der Waals surface area (Å²) in [6.45, 7) is 0. The van der Waals surface area contributed by atoms with Gasteiger partial charge in [0.15, 0.2) is 11.0 Å². The number of carbonyl (C=O) groups is 1. The minimum Gasteiger partial charge on any atom is -0.495 e. The molecule has 31 heavy (non-hydrogen) atoms. The van der Waals surface area contributed by atoms with E-state index in [2.05, 4.69) is 20.5 Å². The molecule has 2 aromatic carbocycles. The lowest BCUT2D eigenvalue weighted by molar-refractivity contribution is -0.113. The third kappa shape index (κ3) is 4.87. The molecule has 2 heterocycles. The van der Waals surface area contributed by atoms with Crippen molar-refractivity contribution in [3.05, 3.63) is 78.1 Å². The molecule has 0 saturated heterocycles. The maximum Gasteiger partial charge on any atom is 0.234 e. The lowest BCUT2D eigenvalue weighted by Crippen LogP contribution is -2.15. The smallest absolute Gasteiger partial charge is 0.234 e. The summed E-state index contributed by atoms with van der Waals surface area (Å²) in [5, 5.41) is 12.7. The molecule has 0 spiro atoms. The molecule has 4 aromatic rings. The quantitative estimate of drug-likeness (QED) is 0.409. The van der Waals surface area contributed by atoms with Gasteiger partial charge in [-0.25, -0.2) is 0 Å². The van der Waals surface area contributed by atoms with Gasteiger partial charge in [-0.05, 0) is 48.5 Å². The normalized spacial score (nSPS) is 10.6. The largest absolute Gasteiger partial charge is 0.495 e. The van der Waals surface area contributed by atoms with Gasteiger partial charge in [-0.1, -0.05) is 35.5 Å². The first-order chi connectivity index (χ1) is 15.2. The van der Waals surface area contributed by atoms with Gasteiger partial charge in [0, 0.05) is 28.7 Å². The van der Waals surface area contributed by atoms with E-state index in [4.69, 9.17) is 16.3 Å². The first kappa shape index (κ1) is 20.9. The Balaban J connectivity index is 1.59. The lowest BCUT2D eigenvalue weighted by atomic mass is 10.2. The maximum absolute atomic E-state index is 12.6. The SMILES string of the molecule is COc1ccccc1NC(=O)CSc1nnc(-c2cccnc2)n1-c1ccc(Cl)cc1. The fourth-order valence-electron chi connectivity index (χ4n) is 2.93. The Morgan fingerprint density at radius 2 is 1.90 bits per heavy atom. The fraction of sp³-hybridized carbons (Fsp3) is 0.0909. The van der Waals surface area contributed by atoms with Gasteiger partial charge in [-0.15, -0.1) is 10.2 Å². The molecule has 0 bridgehead atoms. The monoisotopic (exact) mass is 451 g/mol. The molecule has 1 amide bonds. The molecule has 7 nitrogen and oxygen atoms in total. The number of methoxy groups -OCH3 is 1. The number of benzene rings is 2. The van der Waals surface area contributed by atoms with Gasteiger partial charge in [-0.2, -0.15) is 0 Å². The molecule has 0 atom stereocenters. The molecule has 0 saturated carbocycles. The third-order valence-corrected chi connectivity index (χ3v) is 5.53. The van der Waals surface area contributed by atoms with Crippen LogP contribution in [0.5, 0.6) is 5.75 Å². The van der Waals surface area contributed by atoms with E-state index in [1.54, 1.807) is 43.8 Å². The fourth-order valence-corrected chi connectivity index (χ4v) is 3.81. The molecule has 156 valence electrons. The molecular formula is C22H18ClN5O2S. The second-order valence-corrected chi connectivity index (χ2v) is 7.78. The van der Waals surface area contributed by atoms with Crippen LogP contribution in [-0.4, -0.2) is 38.5 Å². The second kappa shape index (κ2) is 9.63. The minimum atomic E-state index is -0.178. The van der Waals surface area contributed by atoms with Gasteiger partial charge in [-0.3, -0.25) is 14.3 Å². The van der Waals surface area contributed by atoms with Crippen LogP contribution in [0.4, 0.5) is 5.69 Å². The van der Waals surface area contributed by atoms with Crippen LogP contribution in [0.1, 0.15) is 0 Å². The van der Waals surface area contributed by atoms with Crippen LogP contribution in [0.25, 0.3) is 17.1 Å². The number of hydrogen-bond acceptors (Lipinski definition) is 6. The number of para-hydroxylation sites is 2. The third-order valence-electron chi connectivity index (χ3n) is 4.35. The summed E-state index contributed by atoms with van der Waals surface area (Å²) in [6, 6.07) is 18.4. The van der Waals surface area contributed by atoms with Crippen molar-refractivity contribution in [1.29, 1.82) is 0 Å². The van der Waals surface area contributed by atoms with Crippen molar-refractivity contribution in [1.82, 2.24) is 19.7 Å². The Morgan fingerprint density at radius 1 is 1.10 bits per heavy atom. The number of halogens is 1. The molecule has 0 aliphatic carbocycles. The highest BCUT2D eigenvalue weighted by molar-refractivity contribution is 7.99. The van der Waals surface area contributed by atoms with E-state index in [0.29, 0.717) is 27.4 Å². The molecule has 4 rings (SSSR count). The highest BCUT2D eigenvalue weighted by atomic mass is 35.5. The van der Waals surface area contributed by atoms with Crippen molar-refractivity contribution in [2.45, 2.75) is 5.16 Å². The number of anilines is 1. The average Bonchev–Trinajstić information content (AvgIpc) is 3.23. The maximum atomic E-state index is 12.6. The van der Waals surface area contributed by atoms with Crippen LogP contribution >= 0.6 is 23.4 Å². The van der Waals surface area contributed by atoms with E-state index < -0.39 is 0 Å². The number of nitrogens with one attached hydrogen (secondary N) is 1. The van der Waals surface area contributed by atoms with Crippen molar-refractivity contribution in [2.24, 2.45) is 0 Å². The zero-order chi connectivity index (χ0) is 21.6. The highest BCUT2D eigenvalue weighted by Crippen LogP contribution is 2.29. The zero-order valence-electron chi connectivity index (χ0n) is 16.5. The average molecular weight is 452 g/mol. The summed E-state index contributed by atoms with van der Waals surface area (Å²) in [6.07, 6.45) is 3.42. The number of ether oxygens (including phenoxy) is 1. The molecule has 9 heteroatoms. The Morgan fingerprint density at radius 3 is 2.65 bits per heavy atom. The van der Waals surface area contributed by atoms with Crippen LogP contribution in [-0.2, 0) is 4.79 Å². The van der Waals surface area contributed by atoms with Crippen LogP contribution in [0.15, 0.2) is 78.2 Å². The molecule has 0 aliphatic rings. The van der Waals surface area contributed by atoms with Crippen LogP contribution in [0.3, 0.4) is 0 Å². The Hall–Kier alpha value is -3.36. The van der Waals surface area contributed by atoms with Gasteiger partial charge in [0.05, 0.1) is 18.6 Å². The molecule has 0 fully saturated rings. The van der Waals surface area contributed by atoms with Gasteiger partial charge < -0.3 is 10.1 Å². The zero-order valence-corrected chi connectivity index (χ0v) is 18.1. The van der Waals surface area contributed by atoms with Crippen molar-refractivity contribution < 1.29 is 9.53 Å². The van der Waals surface area contributed by atoms with Crippen molar-refractivity contribution in [2.75, 3.05) is 18.2 Å². The molecule has 1 N–H and O–H groups in total. The second-order valence-electron chi connectivity index (χ2n) is 6.40. The lowest BCUT2D eigenvalue weighted by Gasteiger charge is -2.11. The first-order valence-electron chi connectivity index (χ1n) is 9.33. The standard InChI is InChI=1S/C22H18ClN5O2S/c1-30-19-7-3-2-6-18(19)25-20(29)14-31-22-27-26-21(15-5-4-12-24-13-15)28(22)17-10-8-16(23)9-11-17/h2-13H,14H2,1H3,(H,25,29). The summed E-state index contributed by atoms with van der Waals surface area (Å²) in [7, 11) is 1.56. The van der Waals surface area contributed by atoms with Crippen molar-refractivity contribution >= 4 is 35.0 Å². The van der Waals surface area contributed by atoms with Gasteiger partial charge >= 0.3 is 0 Å². The minimum absolute atomic E-state index is 0.150. The first-order valence-corrected chi connectivity index (χ1v) is 10.7. The van der Waals surface area contributed by atoms with E-state index in [1.165, 1.54) is 11.8 Å². The van der Waals surface area contributed by atoms with Crippen LogP contribution in [0, 0.1) is 0 Å². The molecule has 0 radical (unpaired) electrons. The van der Waals surface area contributed by atoms with E-state index in [1.807, 2.05) is 41.0 Å². The van der Waals surface area contributed by atoms with Crippen molar-refractivity contribution in [3.63, 3.8) is 0 Å². The summed E-state index contributed by atoms with van der Waals surface area (Å²) in [5.74, 6) is 1.20. The molecular weight excluding hydrogens is 434 g/mol. The summed E-state index contributed by atoms with van der Waals surface area (Å²) < 4.78 is 7.17. The molecule has 0 aliphatic heterocycles. The van der Waals surface area contributed by atoms with Gasteiger partial charge in [0.1, 0.15) is 5.75 Å². The summed E-state index contributed by atoms with van der Waals surface area (Å²) in [5.41, 5.74) is 2.27. The Kier molecular flexibility index (Phi) is 6.49. The molecule has 2 aromatic heterocycles. The predicted molar refractivity (Wildman–Crippen MR) is 122 cm³/mol. The number of thioether (sulfide) groups is 1. The van der Waals surface area contributed by atoms with E-state index in [-0.39, 0.29) is 11.7 Å². The number of amides is 1. The number of pyridine rings is 1. The molecule has 0 unspecified atom stereocenters. The van der Waals surface area contributed by atoms with Gasteiger partial charge in [0.2, 0.25) is 5.91 Å². The number of rotatable bonds is 7.